The fourth-order valence-corrected chi connectivity index (χ4v) is 2.15. The van der Waals surface area contributed by atoms with Crippen molar-refractivity contribution in [3.05, 3.63) is 29.6 Å². The molecule has 0 heterocycles. The van der Waals surface area contributed by atoms with Crippen molar-refractivity contribution >= 4 is 5.97 Å². The van der Waals surface area contributed by atoms with Gasteiger partial charge in [0.2, 0.25) is 0 Å². The predicted octanol–water partition coefficient (Wildman–Crippen LogP) is 2.13. The molecule has 19 heavy (non-hydrogen) atoms. The lowest BCUT2D eigenvalue weighted by Gasteiger charge is -2.21. The smallest absolute Gasteiger partial charge is 0.317 e. The molecule has 0 amide bonds. The van der Waals surface area contributed by atoms with Crippen LogP contribution in [0.25, 0.3) is 0 Å². The van der Waals surface area contributed by atoms with Gasteiger partial charge in [0.15, 0.2) is 0 Å². The van der Waals surface area contributed by atoms with Crippen molar-refractivity contribution in [1.82, 2.24) is 4.90 Å². The van der Waals surface area contributed by atoms with E-state index in [4.69, 9.17) is 9.84 Å². The maximum absolute atomic E-state index is 13.3. The molecule has 0 aliphatic heterocycles. The van der Waals surface area contributed by atoms with Gasteiger partial charge in [0.05, 0.1) is 13.7 Å². The van der Waals surface area contributed by atoms with Crippen molar-refractivity contribution in [3.63, 3.8) is 0 Å². The van der Waals surface area contributed by atoms with Crippen LogP contribution in [0, 0.1) is 11.7 Å². The quantitative estimate of drug-likeness (QED) is 0.822. The van der Waals surface area contributed by atoms with E-state index in [2.05, 4.69) is 0 Å². The Bertz CT molecular complexity index is 460. The van der Waals surface area contributed by atoms with Gasteiger partial charge in [0.1, 0.15) is 11.6 Å². The number of methoxy groups -OCH3 is 1. The molecule has 0 radical (unpaired) electrons. The molecule has 0 saturated heterocycles. The van der Waals surface area contributed by atoms with Crippen LogP contribution >= 0.6 is 0 Å². The van der Waals surface area contributed by atoms with Gasteiger partial charge in [-0.3, -0.25) is 9.69 Å². The van der Waals surface area contributed by atoms with E-state index >= 15 is 0 Å². The second-order valence-corrected chi connectivity index (χ2v) is 4.96. The molecule has 0 bridgehead atoms. The average molecular weight is 267 g/mol. The molecule has 1 aromatic carbocycles. The Balaban J connectivity index is 2.09. The van der Waals surface area contributed by atoms with E-state index in [-0.39, 0.29) is 12.4 Å². The lowest BCUT2D eigenvalue weighted by molar-refractivity contribution is -0.138. The molecule has 1 aliphatic rings. The first-order valence-electron chi connectivity index (χ1n) is 6.35. The second kappa shape index (κ2) is 6.02. The summed E-state index contributed by atoms with van der Waals surface area (Å²) in [5, 5.41) is 8.93. The van der Waals surface area contributed by atoms with Gasteiger partial charge in [-0.05, 0) is 37.0 Å². The van der Waals surface area contributed by atoms with Crippen LogP contribution in [0.15, 0.2) is 18.2 Å². The van der Waals surface area contributed by atoms with Gasteiger partial charge in [-0.25, -0.2) is 4.39 Å². The Kier molecular flexibility index (Phi) is 4.37. The number of nitrogens with zero attached hydrogens (tertiary/aromatic N) is 1. The lowest BCUT2D eigenvalue weighted by Crippen LogP contribution is -2.31. The molecule has 0 aromatic heterocycles. The number of carbonyl (C=O) groups is 1. The third-order valence-corrected chi connectivity index (χ3v) is 3.21. The minimum atomic E-state index is -0.865. The highest BCUT2D eigenvalue weighted by Crippen LogP contribution is 2.31. The third kappa shape index (κ3) is 4.21. The van der Waals surface area contributed by atoms with Gasteiger partial charge in [0.25, 0.3) is 0 Å². The Morgan fingerprint density at radius 1 is 1.53 bits per heavy atom. The minimum Gasteiger partial charge on any atom is -0.496 e. The molecule has 5 heteroatoms. The SMILES string of the molecule is COc1ccc(F)cc1CN(CC(=O)O)CC1CC1. The second-order valence-electron chi connectivity index (χ2n) is 4.96. The van der Waals surface area contributed by atoms with Crippen LogP contribution in [0.5, 0.6) is 5.75 Å². The molecule has 104 valence electrons. The number of rotatable bonds is 7. The molecule has 2 rings (SSSR count). The van der Waals surface area contributed by atoms with Crippen LogP contribution in [0.2, 0.25) is 0 Å². The molecule has 0 unspecified atom stereocenters. The van der Waals surface area contributed by atoms with Gasteiger partial charge >= 0.3 is 5.97 Å². The monoisotopic (exact) mass is 267 g/mol. The molecule has 1 aliphatic carbocycles. The Morgan fingerprint density at radius 2 is 2.26 bits per heavy atom. The zero-order valence-corrected chi connectivity index (χ0v) is 10.9. The standard InChI is InChI=1S/C14H18FNO3/c1-19-13-5-4-12(15)6-11(13)8-16(9-14(17)18)7-10-2-3-10/h4-6,10H,2-3,7-9H2,1H3,(H,17,18). The molecular formula is C14H18FNO3. The van der Waals surface area contributed by atoms with E-state index in [0.29, 0.717) is 23.8 Å². The van der Waals surface area contributed by atoms with E-state index in [1.807, 2.05) is 4.90 Å². The van der Waals surface area contributed by atoms with Crippen LogP contribution in [-0.4, -0.2) is 36.2 Å². The topological polar surface area (TPSA) is 49.8 Å². The van der Waals surface area contributed by atoms with E-state index in [0.717, 1.165) is 19.4 Å². The fraction of sp³-hybridized carbons (Fsp3) is 0.500. The maximum Gasteiger partial charge on any atom is 0.317 e. The van der Waals surface area contributed by atoms with E-state index < -0.39 is 5.97 Å². The highest BCUT2D eigenvalue weighted by molar-refractivity contribution is 5.69. The van der Waals surface area contributed by atoms with E-state index in [9.17, 15) is 9.18 Å². The van der Waals surface area contributed by atoms with Crippen molar-refractivity contribution in [2.75, 3.05) is 20.2 Å². The lowest BCUT2D eigenvalue weighted by atomic mass is 10.1. The molecule has 4 nitrogen and oxygen atoms in total. The number of carboxylic acids is 1. The largest absolute Gasteiger partial charge is 0.496 e. The number of halogens is 1. The Morgan fingerprint density at radius 3 is 2.84 bits per heavy atom. The highest BCUT2D eigenvalue weighted by atomic mass is 19.1. The molecule has 1 N–H and O–H groups in total. The van der Waals surface area contributed by atoms with Crippen molar-refractivity contribution < 1.29 is 19.0 Å². The van der Waals surface area contributed by atoms with Gasteiger partial charge in [0, 0.05) is 18.7 Å². The summed E-state index contributed by atoms with van der Waals surface area (Å²) in [4.78, 5) is 12.7. The average Bonchev–Trinajstić information content (AvgIpc) is 3.12. The summed E-state index contributed by atoms with van der Waals surface area (Å²) in [5.41, 5.74) is 0.685. The van der Waals surface area contributed by atoms with E-state index in [1.54, 1.807) is 6.07 Å². The first-order chi connectivity index (χ1) is 9.08. The highest BCUT2D eigenvalue weighted by Gasteiger charge is 2.25. The molecule has 0 spiro atoms. The van der Waals surface area contributed by atoms with Crippen LogP contribution in [0.4, 0.5) is 4.39 Å². The van der Waals surface area contributed by atoms with Crippen molar-refractivity contribution in [2.24, 2.45) is 5.92 Å². The third-order valence-electron chi connectivity index (χ3n) is 3.21. The zero-order chi connectivity index (χ0) is 13.8. The number of aliphatic carboxylic acids is 1. The number of hydrogen-bond acceptors (Lipinski definition) is 3. The molecule has 1 aromatic rings. The maximum atomic E-state index is 13.3. The molecule has 1 fully saturated rings. The summed E-state index contributed by atoms with van der Waals surface area (Å²) in [5.74, 6) is -0.0278. The van der Waals surface area contributed by atoms with Gasteiger partial charge in [-0.1, -0.05) is 0 Å². The molecule has 0 atom stereocenters. The van der Waals surface area contributed by atoms with E-state index in [1.165, 1.54) is 19.2 Å². The summed E-state index contributed by atoms with van der Waals surface area (Å²) >= 11 is 0. The van der Waals surface area contributed by atoms with Gasteiger partial charge in [-0.15, -0.1) is 0 Å². The van der Waals surface area contributed by atoms with Crippen LogP contribution in [-0.2, 0) is 11.3 Å². The predicted molar refractivity (Wildman–Crippen MR) is 68.6 cm³/mol. The first-order valence-corrected chi connectivity index (χ1v) is 6.35. The normalized spacial score (nSPS) is 14.7. The minimum absolute atomic E-state index is 0.0316. The summed E-state index contributed by atoms with van der Waals surface area (Å²) in [6, 6.07) is 4.31. The Hall–Kier alpha value is -1.62. The van der Waals surface area contributed by atoms with Crippen molar-refractivity contribution in [1.29, 1.82) is 0 Å². The molecule has 1 saturated carbocycles. The van der Waals surface area contributed by atoms with Gasteiger partial charge in [-0.2, -0.15) is 0 Å². The van der Waals surface area contributed by atoms with Crippen LogP contribution in [0.3, 0.4) is 0 Å². The summed E-state index contributed by atoms with van der Waals surface area (Å²) in [6.45, 7) is 1.10. The number of carboxylic acid groups (broad SMARTS) is 1. The number of ether oxygens (including phenoxy) is 1. The fourth-order valence-electron chi connectivity index (χ4n) is 2.15. The number of hydrogen-bond donors (Lipinski definition) is 1. The summed E-state index contributed by atoms with van der Waals surface area (Å²) in [6.07, 6.45) is 2.30. The van der Waals surface area contributed by atoms with Crippen molar-refractivity contribution in [3.8, 4) is 5.75 Å². The van der Waals surface area contributed by atoms with Crippen LogP contribution in [0.1, 0.15) is 18.4 Å². The number of benzene rings is 1. The first kappa shape index (κ1) is 13.8. The zero-order valence-electron chi connectivity index (χ0n) is 10.9. The van der Waals surface area contributed by atoms with Crippen molar-refractivity contribution in [2.45, 2.75) is 19.4 Å². The molecular weight excluding hydrogens is 249 g/mol. The summed E-state index contributed by atoms with van der Waals surface area (Å²) in [7, 11) is 1.53. The van der Waals surface area contributed by atoms with Crippen LogP contribution < -0.4 is 4.74 Å². The van der Waals surface area contributed by atoms with Gasteiger partial charge < -0.3 is 9.84 Å². The Labute approximate surface area is 111 Å². The summed E-state index contributed by atoms with van der Waals surface area (Å²) < 4.78 is 18.5.